The fourth-order valence-electron chi connectivity index (χ4n) is 3.24. The van der Waals surface area contributed by atoms with E-state index in [0.717, 1.165) is 43.8 Å². The van der Waals surface area contributed by atoms with Crippen molar-refractivity contribution in [1.29, 1.82) is 0 Å². The summed E-state index contributed by atoms with van der Waals surface area (Å²) in [7, 11) is -3.77. The van der Waals surface area contributed by atoms with Gasteiger partial charge in [0.2, 0.25) is 5.82 Å². The van der Waals surface area contributed by atoms with Gasteiger partial charge >= 0.3 is 12.4 Å². The number of carbonyl (C=O) groups excluding carboxylic acids is 1. The van der Waals surface area contributed by atoms with Crippen LogP contribution in [-0.4, -0.2) is 73.9 Å². The molecule has 192 valence electrons. The van der Waals surface area contributed by atoms with Crippen LogP contribution in [0.3, 0.4) is 0 Å². The van der Waals surface area contributed by atoms with Crippen LogP contribution in [0.25, 0.3) is 0 Å². The Kier molecular flexibility index (Phi) is 7.20. The van der Waals surface area contributed by atoms with E-state index in [4.69, 9.17) is 4.74 Å². The van der Waals surface area contributed by atoms with Crippen molar-refractivity contribution in [1.82, 2.24) is 14.9 Å². The Morgan fingerprint density at radius 2 is 1.60 bits per heavy atom. The summed E-state index contributed by atoms with van der Waals surface area (Å²) in [6.45, 7) is 1.20. The largest absolute Gasteiger partial charge is 0.480 e. The van der Waals surface area contributed by atoms with Crippen LogP contribution in [-0.2, 0) is 16.0 Å². The summed E-state index contributed by atoms with van der Waals surface area (Å²) in [6, 6.07) is 3.01. The van der Waals surface area contributed by atoms with Crippen molar-refractivity contribution in [3.05, 3.63) is 42.0 Å². The third-order valence-electron chi connectivity index (χ3n) is 5.20. The standard InChI is InChI=1S/C20H20F6N4O4S/c1-12(19(21,22)23)34-16-4-3-14(35(2,32)33)9-15(16)17(31)30-7-5-29(6-8-30)13-10-27-18(28-11-13)20(24,25)26/h3-4,9-12H,5-8H2,1-2H3/t12-/m0/s1. The van der Waals surface area contributed by atoms with E-state index >= 15 is 0 Å². The third-order valence-corrected chi connectivity index (χ3v) is 6.31. The summed E-state index contributed by atoms with van der Waals surface area (Å²) in [5.41, 5.74) is -0.0532. The summed E-state index contributed by atoms with van der Waals surface area (Å²) < 4.78 is 106. The molecule has 0 N–H and O–H groups in total. The summed E-state index contributed by atoms with van der Waals surface area (Å²) in [5.74, 6) is -2.46. The molecule has 1 aromatic carbocycles. The lowest BCUT2D eigenvalue weighted by molar-refractivity contribution is -0.189. The Labute approximate surface area is 196 Å². The lowest BCUT2D eigenvalue weighted by Crippen LogP contribution is -2.49. The van der Waals surface area contributed by atoms with E-state index in [-0.39, 0.29) is 36.6 Å². The van der Waals surface area contributed by atoms with E-state index < -0.39 is 45.8 Å². The van der Waals surface area contributed by atoms with Crippen LogP contribution in [0.4, 0.5) is 32.0 Å². The lowest BCUT2D eigenvalue weighted by Gasteiger charge is -2.36. The van der Waals surface area contributed by atoms with E-state index in [1.54, 1.807) is 4.90 Å². The molecule has 15 heteroatoms. The minimum atomic E-state index is -4.72. The van der Waals surface area contributed by atoms with Crippen molar-refractivity contribution in [2.45, 2.75) is 30.3 Å². The first-order valence-electron chi connectivity index (χ1n) is 10.1. The highest BCUT2D eigenvalue weighted by atomic mass is 32.2. The second-order valence-electron chi connectivity index (χ2n) is 7.77. The van der Waals surface area contributed by atoms with Gasteiger partial charge in [0.1, 0.15) is 5.75 Å². The van der Waals surface area contributed by atoms with Gasteiger partial charge < -0.3 is 14.5 Å². The number of anilines is 1. The summed E-state index contributed by atoms with van der Waals surface area (Å²) >= 11 is 0. The monoisotopic (exact) mass is 526 g/mol. The number of amides is 1. The van der Waals surface area contributed by atoms with Crippen molar-refractivity contribution in [2.24, 2.45) is 0 Å². The molecule has 1 atom stereocenters. The molecule has 1 amide bonds. The van der Waals surface area contributed by atoms with Gasteiger partial charge in [-0.2, -0.15) is 26.3 Å². The average Bonchev–Trinajstić information content (AvgIpc) is 2.77. The van der Waals surface area contributed by atoms with E-state index in [0.29, 0.717) is 5.69 Å². The van der Waals surface area contributed by atoms with Gasteiger partial charge in [-0.3, -0.25) is 4.79 Å². The molecule has 1 aromatic heterocycles. The van der Waals surface area contributed by atoms with Gasteiger partial charge in [0.05, 0.1) is 28.5 Å². The molecular weight excluding hydrogens is 506 g/mol. The predicted octanol–water partition coefficient (Wildman–Crippen LogP) is 3.19. The second kappa shape index (κ2) is 9.51. The Bertz CT molecular complexity index is 1180. The van der Waals surface area contributed by atoms with Crippen LogP contribution in [0.5, 0.6) is 5.75 Å². The molecule has 1 aliphatic rings. The molecule has 8 nitrogen and oxygen atoms in total. The minimum absolute atomic E-state index is 0.0528. The molecule has 1 aliphatic heterocycles. The van der Waals surface area contributed by atoms with Crippen LogP contribution in [0.15, 0.2) is 35.5 Å². The summed E-state index contributed by atoms with van der Waals surface area (Å²) in [4.78, 5) is 22.4. The van der Waals surface area contributed by atoms with Gasteiger partial charge in [-0.1, -0.05) is 0 Å². The normalized spacial score (nSPS) is 16.2. The molecule has 0 unspecified atom stereocenters. The maximum Gasteiger partial charge on any atom is 0.451 e. The van der Waals surface area contributed by atoms with Crippen LogP contribution >= 0.6 is 0 Å². The Morgan fingerprint density at radius 1 is 1.03 bits per heavy atom. The maximum atomic E-state index is 13.1. The number of nitrogens with zero attached hydrogens (tertiary/aromatic N) is 4. The van der Waals surface area contributed by atoms with Gasteiger partial charge in [0.15, 0.2) is 15.9 Å². The van der Waals surface area contributed by atoms with Gasteiger partial charge in [0, 0.05) is 32.4 Å². The van der Waals surface area contributed by atoms with Crippen LogP contribution < -0.4 is 9.64 Å². The molecule has 0 saturated carbocycles. The molecule has 0 aliphatic carbocycles. The number of ether oxygens (including phenoxy) is 1. The molecule has 1 fully saturated rings. The number of piperazine rings is 1. The fourth-order valence-corrected chi connectivity index (χ4v) is 3.88. The van der Waals surface area contributed by atoms with E-state index in [1.807, 2.05) is 0 Å². The van der Waals surface area contributed by atoms with Crippen molar-refractivity contribution in [3.8, 4) is 5.75 Å². The molecule has 0 spiro atoms. The molecule has 35 heavy (non-hydrogen) atoms. The zero-order valence-corrected chi connectivity index (χ0v) is 19.2. The number of halogens is 6. The molecular formula is C20H20F6N4O4S. The number of hydrogen-bond acceptors (Lipinski definition) is 7. The molecule has 3 rings (SSSR count). The van der Waals surface area contributed by atoms with Crippen molar-refractivity contribution < 1.29 is 44.3 Å². The summed E-state index contributed by atoms with van der Waals surface area (Å²) in [6.07, 6.45) is -8.76. The molecule has 0 radical (unpaired) electrons. The number of aromatic nitrogens is 2. The zero-order valence-electron chi connectivity index (χ0n) is 18.4. The first-order chi connectivity index (χ1) is 16.1. The van der Waals surface area contributed by atoms with Crippen LogP contribution in [0.2, 0.25) is 0 Å². The highest BCUT2D eigenvalue weighted by Gasteiger charge is 2.39. The highest BCUT2D eigenvalue weighted by molar-refractivity contribution is 7.90. The topological polar surface area (TPSA) is 92.7 Å². The number of alkyl halides is 6. The molecule has 1 saturated heterocycles. The predicted molar refractivity (Wildman–Crippen MR) is 111 cm³/mol. The third kappa shape index (κ3) is 6.32. The van der Waals surface area contributed by atoms with Crippen LogP contribution in [0.1, 0.15) is 23.1 Å². The van der Waals surface area contributed by atoms with Crippen molar-refractivity contribution >= 4 is 21.4 Å². The Hall–Kier alpha value is -3.10. The number of carbonyl (C=O) groups is 1. The number of benzene rings is 1. The number of rotatable bonds is 5. The zero-order chi connectivity index (χ0) is 26.2. The smallest absolute Gasteiger partial charge is 0.451 e. The fraction of sp³-hybridized carbons (Fsp3) is 0.450. The first-order valence-corrected chi connectivity index (χ1v) is 12.0. The quantitative estimate of drug-likeness (QED) is 0.553. The van der Waals surface area contributed by atoms with Crippen molar-refractivity contribution in [3.63, 3.8) is 0 Å². The Balaban J connectivity index is 1.79. The number of hydrogen-bond donors (Lipinski definition) is 0. The minimum Gasteiger partial charge on any atom is -0.480 e. The number of sulfone groups is 1. The van der Waals surface area contributed by atoms with Gasteiger partial charge in [-0.25, -0.2) is 18.4 Å². The van der Waals surface area contributed by atoms with Gasteiger partial charge in [-0.05, 0) is 25.1 Å². The highest BCUT2D eigenvalue weighted by Crippen LogP contribution is 2.31. The van der Waals surface area contributed by atoms with Gasteiger partial charge in [0.25, 0.3) is 5.91 Å². The lowest BCUT2D eigenvalue weighted by atomic mass is 10.1. The van der Waals surface area contributed by atoms with Crippen LogP contribution in [0, 0.1) is 0 Å². The second-order valence-corrected chi connectivity index (χ2v) is 9.79. The Morgan fingerprint density at radius 3 is 2.09 bits per heavy atom. The SMILES string of the molecule is C[C@H](Oc1ccc(S(C)(=O)=O)cc1C(=O)N1CCN(c2cnc(C(F)(F)F)nc2)CC1)C(F)(F)F. The summed E-state index contributed by atoms with van der Waals surface area (Å²) in [5, 5.41) is 0. The van der Waals surface area contributed by atoms with E-state index in [9.17, 15) is 39.6 Å². The molecule has 0 bridgehead atoms. The first kappa shape index (κ1) is 26.5. The maximum absolute atomic E-state index is 13.1. The van der Waals surface area contributed by atoms with E-state index in [1.165, 1.54) is 4.90 Å². The van der Waals surface area contributed by atoms with Gasteiger partial charge in [-0.15, -0.1) is 0 Å². The molecule has 2 aromatic rings. The average molecular weight is 526 g/mol. The van der Waals surface area contributed by atoms with Crippen molar-refractivity contribution in [2.75, 3.05) is 37.3 Å². The molecule has 2 heterocycles. The van der Waals surface area contributed by atoms with E-state index in [2.05, 4.69) is 9.97 Å².